The standard InChI is InChI=1S/C10H16N4O2S/c1-12-7-5-4-6-8(14(2)3)9(7)10(11)13-17(15)16/h4-6,12,17H,1-3H3,(H2,11,13,15,16). The third-order valence-electron chi connectivity index (χ3n) is 2.24. The molecule has 0 saturated heterocycles. The van der Waals surface area contributed by atoms with Crippen molar-refractivity contribution in [2.24, 2.45) is 10.1 Å². The van der Waals surface area contributed by atoms with E-state index < -0.39 is 10.9 Å². The van der Waals surface area contributed by atoms with Gasteiger partial charge in [0, 0.05) is 32.5 Å². The van der Waals surface area contributed by atoms with Crippen molar-refractivity contribution in [2.75, 3.05) is 31.4 Å². The van der Waals surface area contributed by atoms with Gasteiger partial charge >= 0.3 is 0 Å². The Morgan fingerprint density at radius 2 is 2.06 bits per heavy atom. The summed E-state index contributed by atoms with van der Waals surface area (Å²) in [7, 11) is 2.54. The minimum Gasteiger partial charge on any atom is -0.387 e. The first-order chi connectivity index (χ1) is 7.97. The average molecular weight is 256 g/mol. The Balaban J connectivity index is 3.47. The minimum atomic E-state index is -2.90. The highest BCUT2D eigenvalue weighted by atomic mass is 32.2. The van der Waals surface area contributed by atoms with Crippen LogP contribution in [0, 0.1) is 0 Å². The van der Waals surface area contributed by atoms with Crippen molar-refractivity contribution < 1.29 is 8.42 Å². The largest absolute Gasteiger partial charge is 0.387 e. The number of hydrogen-bond acceptors (Lipinski definition) is 4. The summed E-state index contributed by atoms with van der Waals surface area (Å²) in [4.78, 5) is 1.84. The van der Waals surface area contributed by atoms with Crippen LogP contribution in [0.15, 0.2) is 22.6 Å². The zero-order chi connectivity index (χ0) is 13.0. The van der Waals surface area contributed by atoms with E-state index in [1.807, 2.05) is 37.2 Å². The van der Waals surface area contributed by atoms with Crippen molar-refractivity contribution in [3.05, 3.63) is 23.8 Å². The first-order valence-electron chi connectivity index (χ1n) is 4.94. The molecule has 0 unspecified atom stereocenters. The van der Waals surface area contributed by atoms with Crippen molar-refractivity contribution in [2.45, 2.75) is 0 Å². The van der Waals surface area contributed by atoms with Gasteiger partial charge in [-0.3, -0.25) is 0 Å². The van der Waals surface area contributed by atoms with E-state index in [-0.39, 0.29) is 5.84 Å². The van der Waals surface area contributed by atoms with Crippen molar-refractivity contribution in [1.29, 1.82) is 0 Å². The lowest BCUT2D eigenvalue weighted by Crippen LogP contribution is -2.21. The van der Waals surface area contributed by atoms with Gasteiger partial charge in [-0.15, -0.1) is 4.40 Å². The molecule has 0 bridgehead atoms. The number of hydrogen-bond donors (Lipinski definition) is 3. The topological polar surface area (TPSA) is 87.8 Å². The Morgan fingerprint density at radius 3 is 2.53 bits per heavy atom. The molecule has 0 heterocycles. The highest BCUT2D eigenvalue weighted by Crippen LogP contribution is 2.25. The zero-order valence-electron chi connectivity index (χ0n) is 9.97. The van der Waals surface area contributed by atoms with Gasteiger partial charge in [-0.1, -0.05) is 6.07 Å². The summed E-state index contributed by atoms with van der Waals surface area (Å²) in [5.41, 5.74) is 7.82. The van der Waals surface area contributed by atoms with Crippen LogP contribution in [-0.4, -0.2) is 35.4 Å². The first-order valence-corrected chi connectivity index (χ1v) is 6.07. The summed E-state index contributed by atoms with van der Waals surface area (Å²) >= 11 is 0. The summed E-state index contributed by atoms with van der Waals surface area (Å²) in [6, 6.07) is 5.51. The molecule has 7 heteroatoms. The second kappa shape index (κ2) is 5.53. The van der Waals surface area contributed by atoms with E-state index >= 15 is 0 Å². The quantitative estimate of drug-likeness (QED) is 0.402. The first kappa shape index (κ1) is 13.3. The Hall–Kier alpha value is -1.76. The maximum absolute atomic E-state index is 10.6. The summed E-state index contributed by atoms with van der Waals surface area (Å²) in [5, 5.41) is 2.96. The van der Waals surface area contributed by atoms with Crippen LogP contribution in [-0.2, 0) is 10.9 Å². The third kappa shape index (κ3) is 3.10. The summed E-state index contributed by atoms with van der Waals surface area (Å²) in [6.07, 6.45) is 0. The molecule has 17 heavy (non-hydrogen) atoms. The molecular formula is C10H16N4O2S. The number of amidine groups is 1. The molecule has 3 N–H and O–H groups in total. The molecule has 0 spiro atoms. The minimum absolute atomic E-state index is 0.0187. The molecule has 1 aromatic carbocycles. The smallest absolute Gasteiger partial charge is 0.245 e. The highest BCUT2D eigenvalue weighted by molar-refractivity contribution is 7.71. The third-order valence-corrected chi connectivity index (χ3v) is 2.62. The monoisotopic (exact) mass is 256 g/mol. The van der Waals surface area contributed by atoms with E-state index in [1.165, 1.54) is 0 Å². The van der Waals surface area contributed by atoms with E-state index in [0.29, 0.717) is 5.56 Å². The van der Waals surface area contributed by atoms with Crippen LogP contribution in [0.2, 0.25) is 0 Å². The fraction of sp³-hybridized carbons (Fsp3) is 0.300. The molecule has 0 aliphatic carbocycles. The molecular weight excluding hydrogens is 240 g/mol. The van der Waals surface area contributed by atoms with E-state index in [4.69, 9.17) is 5.73 Å². The summed E-state index contributed by atoms with van der Waals surface area (Å²) in [6.45, 7) is 0. The van der Waals surface area contributed by atoms with E-state index in [2.05, 4.69) is 9.71 Å². The lowest BCUT2D eigenvalue weighted by atomic mass is 10.1. The SMILES string of the molecule is CNc1cccc(N(C)C)c1/C(N)=N\[SH](=O)=O. The van der Waals surface area contributed by atoms with Crippen molar-refractivity contribution in [1.82, 2.24) is 0 Å². The van der Waals surface area contributed by atoms with Gasteiger partial charge in [-0.05, 0) is 12.1 Å². The fourth-order valence-electron chi connectivity index (χ4n) is 1.53. The van der Waals surface area contributed by atoms with Crippen LogP contribution in [0.3, 0.4) is 0 Å². The number of benzene rings is 1. The van der Waals surface area contributed by atoms with E-state index in [1.54, 1.807) is 7.05 Å². The Kier molecular flexibility index (Phi) is 4.33. The molecule has 1 aromatic rings. The maximum Gasteiger partial charge on any atom is 0.245 e. The van der Waals surface area contributed by atoms with Crippen LogP contribution in [0.1, 0.15) is 5.56 Å². The number of nitrogens with zero attached hydrogens (tertiary/aromatic N) is 2. The molecule has 0 atom stereocenters. The fourth-order valence-corrected chi connectivity index (χ4v) is 1.80. The Morgan fingerprint density at radius 1 is 1.41 bits per heavy atom. The average Bonchev–Trinajstić information content (AvgIpc) is 2.26. The molecule has 0 amide bonds. The van der Waals surface area contributed by atoms with Crippen LogP contribution < -0.4 is 16.0 Å². The van der Waals surface area contributed by atoms with Crippen LogP contribution in [0.4, 0.5) is 11.4 Å². The van der Waals surface area contributed by atoms with Gasteiger partial charge in [0.25, 0.3) is 0 Å². The van der Waals surface area contributed by atoms with Crippen molar-refractivity contribution in [3.8, 4) is 0 Å². The van der Waals surface area contributed by atoms with Gasteiger partial charge in [-0.25, -0.2) is 8.42 Å². The van der Waals surface area contributed by atoms with E-state index in [9.17, 15) is 8.42 Å². The predicted octanol–water partition coefficient (Wildman–Crippen LogP) is 0.0260. The molecule has 0 aliphatic heterocycles. The number of nitrogens with one attached hydrogen (secondary N) is 1. The van der Waals surface area contributed by atoms with Gasteiger partial charge in [0.2, 0.25) is 10.9 Å². The molecule has 1 rings (SSSR count). The van der Waals surface area contributed by atoms with Gasteiger partial charge in [0.15, 0.2) is 0 Å². The molecule has 94 valence electrons. The Labute approximate surface area is 102 Å². The summed E-state index contributed by atoms with van der Waals surface area (Å²) in [5.74, 6) is -0.0187. The van der Waals surface area contributed by atoms with Crippen LogP contribution >= 0.6 is 0 Å². The number of rotatable bonds is 4. The zero-order valence-corrected chi connectivity index (χ0v) is 10.9. The molecule has 0 fully saturated rings. The van der Waals surface area contributed by atoms with Gasteiger partial charge in [-0.2, -0.15) is 0 Å². The molecule has 0 radical (unpaired) electrons. The lowest BCUT2D eigenvalue weighted by Gasteiger charge is -2.19. The maximum atomic E-state index is 10.6. The second-order valence-electron chi connectivity index (χ2n) is 3.57. The molecule has 0 aromatic heterocycles. The predicted molar refractivity (Wildman–Crippen MR) is 71.4 cm³/mol. The number of anilines is 2. The molecule has 0 saturated carbocycles. The normalized spacial score (nSPS) is 11.6. The van der Waals surface area contributed by atoms with Gasteiger partial charge < -0.3 is 16.0 Å². The van der Waals surface area contributed by atoms with Crippen LogP contribution in [0.5, 0.6) is 0 Å². The van der Waals surface area contributed by atoms with Crippen LogP contribution in [0.25, 0.3) is 0 Å². The second-order valence-corrected chi connectivity index (χ2v) is 4.24. The summed E-state index contributed by atoms with van der Waals surface area (Å²) < 4.78 is 24.6. The van der Waals surface area contributed by atoms with E-state index in [0.717, 1.165) is 11.4 Å². The molecule has 6 nitrogen and oxygen atoms in total. The highest BCUT2D eigenvalue weighted by Gasteiger charge is 2.13. The number of thiol groups is 1. The number of nitrogens with two attached hydrogens (primary N) is 1. The Bertz CT molecular complexity index is 501. The van der Waals surface area contributed by atoms with Gasteiger partial charge in [0.05, 0.1) is 5.56 Å². The van der Waals surface area contributed by atoms with Crippen molar-refractivity contribution in [3.63, 3.8) is 0 Å². The van der Waals surface area contributed by atoms with Crippen molar-refractivity contribution >= 4 is 28.1 Å². The molecule has 0 aliphatic rings. The van der Waals surface area contributed by atoms with Gasteiger partial charge in [0.1, 0.15) is 5.84 Å². The lowest BCUT2D eigenvalue weighted by molar-refractivity contribution is 0.616.